The predicted octanol–water partition coefficient (Wildman–Crippen LogP) is 2.21. The van der Waals surface area contributed by atoms with Crippen LogP contribution >= 0.6 is 22.1 Å². The minimum atomic E-state index is -3.36. The van der Waals surface area contributed by atoms with Gasteiger partial charge in [-0.2, -0.15) is 0 Å². The van der Waals surface area contributed by atoms with E-state index in [9.17, 15) is 33.2 Å². The normalized spacial score (nSPS) is 22.7. The first kappa shape index (κ1) is 36.9. The summed E-state index contributed by atoms with van der Waals surface area (Å²) in [5.41, 5.74) is 0. The molecule has 1 saturated heterocycles. The maximum atomic E-state index is 13.3. The summed E-state index contributed by atoms with van der Waals surface area (Å²) < 4.78 is 36.7. The molecule has 0 bridgehead atoms. The number of hydrogen-bond donors (Lipinski definition) is 3. The summed E-state index contributed by atoms with van der Waals surface area (Å²) in [5, 5.41) is 0. The molecular formula is C24H54N5O7P3. The van der Waals surface area contributed by atoms with E-state index in [1.807, 2.05) is 24.5 Å². The number of unbranched alkanes of at least 4 members (excludes halogenated alkanes) is 2. The summed E-state index contributed by atoms with van der Waals surface area (Å²) in [4.78, 5) is 53.1. The second-order valence-electron chi connectivity index (χ2n) is 11.3. The van der Waals surface area contributed by atoms with Crippen LogP contribution in [0.3, 0.4) is 0 Å². The molecule has 0 aromatic heterocycles. The molecule has 1 fully saturated rings. The van der Waals surface area contributed by atoms with E-state index in [4.69, 9.17) is 0 Å². The van der Waals surface area contributed by atoms with E-state index in [-0.39, 0.29) is 31.3 Å². The molecule has 1 aliphatic heterocycles. The highest BCUT2D eigenvalue weighted by molar-refractivity contribution is 7.57. The third kappa shape index (κ3) is 18.8. The van der Waals surface area contributed by atoms with Gasteiger partial charge in [0.15, 0.2) is 0 Å². The third-order valence-corrected chi connectivity index (χ3v) is 9.37. The fourth-order valence-corrected chi connectivity index (χ4v) is 7.70. The molecule has 0 spiro atoms. The number of amides is 1. The van der Waals surface area contributed by atoms with Crippen molar-refractivity contribution in [2.24, 2.45) is 0 Å². The molecule has 3 unspecified atom stereocenters. The molecule has 1 rings (SSSR count). The lowest BCUT2D eigenvalue weighted by Gasteiger charge is -2.35. The minimum absolute atomic E-state index is 0.000314. The van der Waals surface area contributed by atoms with Gasteiger partial charge in [0.25, 0.3) is 0 Å². The highest BCUT2D eigenvalue weighted by Crippen LogP contribution is 2.38. The predicted molar refractivity (Wildman–Crippen MR) is 159 cm³/mol. The molecule has 0 aromatic carbocycles. The van der Waals surface area contributed by atoms with Crippen LogP contribution in [0.4, 0.5) is 0 Å². The maximum Gasteiger partial charge on any atom is 0.236 e. The molecule has 12 nitrogen and oxygen atoms in total. The van der Waals surface area contributed by atoms with Crippen molar-refractivity contribution in [2.75, 3.05) is 111 Å². The Morgan fingerprint density at radius 2 is 0.897 bits per heavy atom. The summed E-state index contributed by atoms with van der Waals surface area (Å²) in [6, 6.07) is 0. The molecule has 0 aromatic rings. The lowest BCUT2D eigenvalue weighted by molar-refractivity contribution is -0.132. The molecule has 3 atom stereocenters. The zero-order chi connectivity index (χ0) is 29.7. The standard InChI is InChI=1S/C24H54N5O7P3/c1-6-8-10-29(11-9-7-2)24(30)20-25-12-14-26(21-37(3,31)32)16-18-28(23-39(5,35)36)19-17-27(15-13-25)22-38(4,33)34/h6-23H2,1-5H3,(H,31,32)(H,33,34)(H,35,36). The molecule has 0 radical (unpaired) electrons. The van der Waals surface area contributed by atoms with E-state index in [0.29, 0.717) is 52.4 Å². The number of carbonyl (C=O) groups excluding carboxylic acids is 1. The van der Waals surface area contributed by atoms with E-state index in [2.05, 4.69) is 13.8 Å². The molecule has 0 aliphatic carbocycles. The second kappa shape index (κ2) is 17.7. The summed E-state index contributed by atoms with van der Waals surface area (Å²) in [6.07, 6.45) is 3.86. The average molecular weight is 618 g/mol. The Labute approximate surface area is 236 Å². The Bertz CT molecular complexity index is 815. The van der Waals surface area contributed by atoms with Crippen LogP contribution in [0.15, 0.2) is 0 Å². The zero-order valence-electron chi connectivity index (χ0n) is 24.8. The van der Waals surface area contributed by atoms with Crippen LogP contribution in [-0.4, -0.2) is 156 Å². The summed E-state index contributed by atoms with van der Waals surface area (Å²) in [6.45, 7) is 13.4. The highest BCUT2D eigenvalue weighted by atomic mass is 31.2. The van der Waals surface area contributed by atoms with Gasteiger partial charge in [0, 0.05) is 85.4 Å². The number of rotatable bonds is 14. The van der Waals surface area contributed by atoms with Gasteiger partial charge in [-0.25, -0.2) is 0 Å². The molecule has 1 heterocycles. The largest absolute Gasteiger partial charge is 0.344 e. The summed E-state index contributed by atoms with van der Waals surface area (Å²) in [5.74, 6) is 0.0570. The van der Waals surface area contributed by atoms with Crippen LogP contribution < -0.4 is 0 Å². The fourth-order valence-electron chi connectivity index (χ4n) is 4.62. The van der Waals surface area contributed by atoms with Crippen LogP contribution in [0, 0.1) is 0 Å². The fraction of sp³-hybridized carbons (Fsp3) is 0.958. The topological polar surface area (TPSA) is 145 Å². The van der Waals surface area contributed by atoms with Gasteiger partial charge in [-0.15, -0.1) is 0 Å². The van der Waals surface area contributed by atoms with E-state index in [0.717, 1.165) is 38.8 Å². The highest BCUT2D eigenvalue weighted by Gasteiger charge is 2.25. The van der Waals surface area contributed by atoms with E-state index < -0.39 is 22.1 Å². The van der Waals surface area contributed by atoms with Crippen molar-refractivity contribution in [1.82, 2.24) is 24.5 Å². The second-order valence-corrected chi connectivity index (χ2v) is 18.4. The quantitative estimate of drug-likeness (QED) is 0.247. The molecule has 15 heteroatoms. The van der Waals surface area contributed by atoms with E-state index in [1.165, 1.54) is 20.0 Å². The molecule has 3 N–H and O–H groups in total. The van der Waals surface area contributed by atoms with Crippen molar-refractivity contribution in [3.8, 4) is 0 Å². The van der Waals surface area contributed by atoms with Crippen molar-refractivity contribution in [3.05, 3.63) is 0 Å². The lowest BCUT2D eigenvalue weighted by atomic mass is 10.2. The maximum absolute atomic E-state index is 13.3. The molecule has 39 heavy (non-hydrogen) atoms. The van der Waals surface area contributed by atoms with Gasteiger partial charge in [0.2, 0.25) is 28.0 Å². The monoisotopic (exact) mass is 617 g/mol. The first-order chi connectivity index (χ1) is 18.0. The SMILES string of the molecule is CCCCN(CCCC)C(=O)CN1CCN(CP(C)(=O)O)CCN(CP(C)(=O)O)CCN(CP(C)(=O)O)CC1. The number of carbonyl (C=O) groups is 1. The van der Waals surface area contributed by atoms with Crippen molar-refractivity contribution in [3.63, 3.8) is 0 Å². The Balaban J connectivity index is 3.15. The van der Waals surface area contributed by atoms with Gasteiger partial charge in [-0.1, -0.05) is 26.7 Å². The lowest BCUT2D eigenvalue weighted by Crippen LogP contribution is -2.49. The number of nitrogens with zero attached hydrogens (tertiary/aromatic N) is 5. The molecule has 1 aliphatic rings. The van der Waals surface area contributed by atoms with Crippen molar-refractivity contribution < 1.29 is 33.2 Å². The molecular weight excluding hydrogens is 563 g/mol. The van der Waals surface area contributed by atoms with Gasteiger partial charge in [-0.3, -0.25) is 38.1 Å². The first-order valence-corrected chi connectivity index (χ1v) is 20.9. The molecule has 1 amide bonds. The van der Waals surface area contributed by atoms with Crippen molar-refractivity contribution in [1.29, 1.82) is 0 Å². The molecule has 0 saturated carbocycles. The van der Waals surface area contributed by atoms with Crippen LogP contribution in [0.1, 0.15) is 39.5 Å². The zero-order valence-corrected chi connectivity index (χ0v) is 27.5. The smallest absolute Gasteiger partial charge is 0.236 e. The van der Waals surface area contributed by atoms with Gasteiger partial charge in [0.1, 0.15) is 0 Å². The Hall–Kier alpha value is -0.120. The van der Waals surface area contributed by atoms with Crippen LogP contribution in [0.5, 0.6) is 0 Å². The third-order valence-electron chi connectivity index (χ3n) is 6.59. The number of hydrogen-bond acceptors (Lipinski definition) is 8. The minimum Gasteiger partial charge on any atom is -0.344 e. The van der Waals surface area contributed by atoms with Gasteiger partial charge >= 0.3 is 0 Å². The van der Waals surface area contributed by atoms with Gasteiger partial charge in [-0.05, 0) is 12.8 Å². The van der Waals surface area contributed by atoms with Crippen LogP contribution in [0.2, 0.25) is 0 Å². The van der Waals surface area contributed by atoms with E-state index >= 15 is 0 Å². The first-order valence-electron chi connectivity index (χ1n) is 14.1. The summed E-state index contributed by atoms with van der Waals surface area (Å²) in [7, 11) is -10.1. The van der Waals surface area contributed by atoms with Crippen LogP contribution in [0.25, 0.3) is 0 Å². The van der Waals surface area contributed by atoms with Crippen molar-refractivity contribution >= 4 is 28.0 Å². The van der Waals surface area contributed by atoms with Crippen LogP contribution in [-0.2, 0) is 18.5 Å². The molecule has 232 valence electrons. The summed E-state index contributed by atoms with van der Waals surface area (Å²) >= 11 is 0. The Morgan fingerprint density at radius 1 is 0.615 bits per heavy atom. The van der Waals surface area contributed by atoms with Gasteiger partial charge < -0.3 is 19.6 Å². The Kier molecular flexibility index (Phi) is 16.8. The Morgan fingerprint density at radius 3 is 1.15 bits per heavy atom. The van der Waals surface area contributed by atoms with Crippen molar-refractivity contribution in [2.45, 2.75) is 39.5 Å². The average Bonchev–Trinajstić information content (AvgIpc) is 2.78. The van der Waals surface area contributed by atoms with E-state index in [1.54, 1.807) is 0 Å². The van der Waals surface area contributed by atoms with Gasteiger partial charge in [0.05, 0.1) is 25.4 Å².